The second kappa shape index (κ2) is 11.3. The Labute approximate surface area is 208 Å². The van der Waals surface area contributed by atoms with E-state index in [9.17, 15) is 14.4 Å². The predicted molar refractivity (Wildman–Crippen MR) is 128 cm³/mol. The Morgan fingerprint density at radius 2 is 1.62 bits per heavy atom. The van der Waals surface area contributed by atoms with Crippen molar-refractivity contribution in [2.24, 2.45) is 5.92 Å². The summed E-state index contributed by atoms with van der Waals surface area (Å²) in [7, 11) is 0. The van der Waals surface area contributed by atoms with Crippen molar-refractivity contribution in [1.82, 2.24) is 0 Å². The van der Waals surface area contributed by atoms with E-state index in [0.29, 0.717) is 22.9 Å². The predicted octanol–water partition coefficient (Wildman–Crippen LogP) is 5.27. The quantitative estimate of drug-likeness (QED) is 0.372. The van der Waals surface area contributed by atoms with E-state index in [0.717, 1.165) is 16.0 Å². The first-order valence-corrected chi connectivity index (χ1v) is 12.3. The van der Waals surface area contributed by atoms with Gasteiger partial charge in [0.15, 0.2) is 6.10 Å². The molecule has 9 heteroatoms. The molecular weight excluding hydrogens is 480 g/mol. The normalized spacial score (nSPS) is 24.4. The Hall–Kier alpha value is -2.42. The van der Waals surface area contributed by atoms with Gasteiger partial charge in [0.1, 0.15) is 18.0 Å². The van der Waals surface area contributed by atoms with Gasteiger partial charge >= 0.3 is 17.9 Å². The third kappa shape index (κ3) is 6.37. The number of benzene rings is 1. The third-order valence-electron chi connectivity index (χ3n) is 5.69. The van der Waals surface area contributed by atoms with Gasteiger partial charge in [-0.05, 0) is 42.2 Å². The molecule has 0 spiro atoms. The van der Waals surface area contributed by atoms with Crippen LogP contribution in [0.2, 0.25) is 4.34 Å². The first-order valence-electron chi connectivity index (χ1n) is 11.1. The molecule has 34 heavy (non-hydrogen) atoms. The summed E-state index contributed by atoms with van der Waals surface area (Å²) in [6.45, 7) is 7.95. The zero-order valence-electron chi connectivity index (χ0n) is 19.8. The number of thiophene rings is 1. The van der Waals surface area contributed by atoms with E-state index in [1.54, 1.807) is 12.1 Å². The van der Waals surface area contributed by atoms with Crippen LogP contribution in [-0.4, -0.2) is 36.2 Å². The summed E-state index contributed by atoms with van der Waals surface area (Å²) < 4.78 is 23.3. The molecule has 1 fully saturated rings. The monoisotopic (exact) mass is 508 g/mol. The highest BCUT2D eigenvalue weighted by Crippen LogP contribution is 2.44. The fourth-order valence-corrected chi connectivity index (χ4v) is 5.57. The lowest BCUT2D eigenvalue weighted by Gasteiger charge is -2.44. The molecule has 0 unspecified atom stereocenters. The second-order valence-corrected chi connectivity index (χ2v) is 10.1. The highest BCUT2D eigenvalue weighted by atomic mass is 35.5. The summed E-state index contributed by atoms with van der Waals surface area (Å²) in [5.74, 6) is -0.968. The Morgan fingerprint density at radius 1 is 1.00 bits per heavy atom. The van der Waals surface area contributed by atoms with Gasteiger partial charge in [0.25, 0.3) is 0 Å². The van der Waals surface area contributed by atoms with Crippen LogP contribution in [0.3, 0.4) is 0 Å². The number of halogens is 1. The van der Waals surface area contributed by atoms with E-state index in [1.807, 2.05) is 32.0 Å². The Bertz CT molecular complexity index is 1030. The molecule has 0 radical (unpaired) electrons. The maximum Gasteiger partial charge on any atom is 0.308 e. The fraction of sp³-hybridized carbons (Fsp3) is 0.480. The van der Waals surface area contributed by atoms with Gasteiger partial charge in [-0.2, -0.15) is 0 Å². The molecule has 2 heterocycles. The highest BCUT2D eigenvalue weighted by molar-refractivity contribution is 7.16. The SMILES string of the molecule is CC[C@H]1O[C@@H](c2cc(Cc3ccc(OC(C)=O)cc3)c(Cl)s2)[C@H](OC(C)=O)[C@@H](OC(C)=O)[C@@H]1C. The molecule has 7 nitrogen and oxygen atoms in total. The lowest BCUT2D eigenvalue weighted by atomic mass is 9.86. The lowest BCUT2D eigenvalue weighted by Crippen LogP contribution is -2.52. The van der Waals surface area contributed by atoms with Crippen molar-refractivity contribution < 1.29 is 33.3 Å². The lowest BCUT2D eigenvalue weighted by molar-refractivity contribution is -0.225. The van der Waals surface area contributed by atoms with Crippen LogP contribution < -0.4 is 4.74 Å². The van der Waals surface area contributed by atoms with Gasteiger partial charge in [0.05, 0.1) is 10.4 Å². The number of ether oxygens (including phenoxy) is 4. The highest BCUT2D eigenvalue weighted by Gasteiger charge is 2.48. The molecule has 2 aromatic rings. The van der Waals surface area contributed by atoms with Gasteiger partial charge in [-0.3, -0.25) is 14.4 Å². The number of hydrogen-bond donors (Lipinski definition) is 0. The first-order chi connectivity index (χ1) is 16.1. The Kier molecular flexibility index (Phi) is 8.73. The number of rotatable bonds is 7. The minimum Gasteiger partial charge on any atom is -0.458 e. The zero-order chi connectivity index (χ0) is 25.0. The van der Waals surface area contributed by atoms with Gasteiger partial charge in [0.2, 0.25) is 0 Å². The maximum atomic E-state index is 11.9. The van der Waals surface area contributed by atoms with Gasteiger partial charge < -0.3 is 18.9 Å². The van der Waals surface area contributed by atoms with Crippen molar-refractivity contribution in [2.45, 2.75) is 71.9 Å². The van der Waals surface area contributed by atoms with Crippen LogP contribution in [0, 0.1) is 5.92 Å². The van der Waals surface area contributed by atoms with Crippen molar-refractivity contribution in [3.05, 3.63) is 50.7 Å². The molecular formula is C25H29ClO7S. The van der Waals surface area contributed by atoms with Crippen molar-refractivity contribution in [3.8, 4) is 5.75 Å². The van der Waals surface area contributed by atoms with Gasteiger partial charge in [-0.1, -0.05) is 37.6 Å². The Morgan fingerprint density at radius 3 is 2.18 bits per heavy atom. The number of hydrogen-bond acceptors (Lipinski definition) is 8. The second-order valence-electron chi connectivity index (χ2n) is 8.37. The van der Waals surface area contributed by atoms with Crippen molar-refractivity contribution in [3.63, 3.8) is 0 Å². The van der Waals surface area contributed by atoms with E-state index in [2.05, 4.69) is 0 Å². The molecule has 3 rings (SSSR count). The molecule has 1 aliphatic heterocycles. The van der Waals surface area contributed by atoms with Crippen LogP contribution in [0.25, 0.3) is 0 Å². The number of carbonyl (C=O) groups excluding carboxylic acids is 3. The minimum atomic E-state index is -0.787. The van der Waals surface area contributed by atoms with Gasteiger partial charge in [-0.25, -0.2) is 0 Å². The van der Waals surface area contributed by atoms with Gasteiger partial charge in [-0.15, -0.1) is 11.3 Å². The molecule has 1 aromatic heterocycles. The van der Waals surface area contributed by atoms with Gasteiger partial charge in [0, 0.05) is 31.6 Å². The molecule has 5 atom stereocenters. The zero-order valence-corrected chi connectivity index (χ0v) is 21.4. The average molecular weight is 509 g/mol. The summed E-state index contributed by atoms with van der Waals surface area (Å²) >= 11 is 7.94. The molecule has 1 saturated heterocycles. The van der Waals surface area contributed by atoms with Crippen LogP contribution in [0.5, 0.6) is 5.75 Å². The summed E-state index contributed by atoms with van der Waals surface area (Å²) in [6.07, 6.45) is -0.950. The largest absolute Gasteiger partial charge is 0.458 e. The minimum absolute atomic E-state index is 0.153. The molecule has 0 N–H and O–H groups in total. The molecule has 1 aromatic carbocycles. The molecule has 0 amide bonds. The Balaban J connectivity index is 1.89. The molecule has 0 bridgehead atoms. The van der Waals surface area contributed by atoms with E-state index in [4.69, 9.17) is 30.5 Å². The fourth-order valence-electron chi connectivity index (χ4n) is 4.21. The molecule has 0 aliphatic carbocycles. The van der Waals surface area contributed by atoms with E-state index in [-0.39, 0.29) is 18.0 Å². The summed E-state index contributed by atoms with van der Waals surface area (Å²) in [5, 5.41) is 0. The van der Waals surface area contributed by atoms with Crippen LogP contribution >= 0.6 is 22.9 Å². The van der Waals surface area contributed by atoms with Crippen molar-refractivity contribution >= 4 is 40.8 Å². The van der Waals surface area contributed by atoms with Crippen LogP contribution in [-0.2, 0) is 35.0 Å². The summed E-state index contributed by atoms with van der Waals surface area (Å²) in [4.78, 5) is 35.7. The maximum absolute atomic E-state index is 11.9. The molecule has 184 valence electrons. The van der Waals surface area contributed by atoms with Crippen molar-refractivity contribution in [1.29, 1.82) is 0 Å². The first kappa shape index (κ1) is 26.2. The van der Waals surface area contributed by atoms with E-state index < -0.39 is 30.3 Å². The number of esters is 3. The van der Waals surface area contributed by atoms with Crippen LogP contribution in [0.1, 0.15) is 63.1 Å². The summed E-state index contributed by atoms with van der Waals surface area (Å²) in [6, 6.07) is 9.15. The van der Waals surface area contributed by atoms with Crippen LogP contribution in [0.15, 0.2) is 30.3 Å². The van der Waals surface area contributed by atoms with Crippen molar-refractivity contribution in [2.75, 3.05) is 0 Å². The summed E-state index contributed by atoms with van der Waals surface area (Å²) in [5.41, 5.74) is 1.88. The average Bonchev–Trinajstić information content (AvgIpc) is 3.11. The molecule has 1 aliphatic rings. The van der Waals surface area contributed by atoms with E-state index in [1.165, 1.54) is 32.1 Å². The van der Waals surface area contributed by atoms with Crippen LogP contribution in [0.4, 0.5) is 0 Å². The third-order valence-corrected chi connectivity index (χ3v) is 7.19. The number of carbonyl (C=O) groups is 3. The van der Waals surface area contributed by atoms with E-state index >= 15 is 0 Å². The smallest absolute Gasteiger partial charge is 0.308 e. The topological polar surface area (TPSA) is 88.1 Å². The molecule has 0 saturated carbocycles. The standard InChI is InChI=1S/C25H29ClO7S/c1-6-20-13(2)22(31-15(4)28)24(32-16(5)29)23(33-20)21-12-18(25(26)34-21)11-17-7-9-19(10-8-17)30-14(3)27/h7-10,12-13,20,22-24H,6,11H2,1-5H3/t13-,20-,22+,23+,24-/m1/s1.